The van der Waals surface area contributed by atoms with Crippen LogP contribution in [0.15, 0.2) is 12.4 Å². The second kappa shape index (κ2) is 5.02. The molecule has 1 heterocycles. The van der Waals surface area contributed by atoms with Crippen molar-refractivity contribution in [2.75, 3.05) is 0 Å². The van der Waals surface area contributed by atoms with Gasteiger partial charge in [0.1, 0.15) is 0 Å². The topological polar surface area (TPSA) is 17.8 Å². The van der Waals surface area contributed by atoms with E-state index in [0.29, 0.717) is 11.9 Å². The van der Waals surface area contributed by atoms with Crippen molar-refractivity contribution in [1.29, 1.82) is 0 Å². The van der Waals surface area contributed by atoms with E-state index in [1.807, 2.05) is 6.20 Å². The van der Waals surface area contributed by atoms with Crippen molar-refractivity contribution in [3.63, 3.8) is 0 Å². The zero-order valence-corrected chi connectivity index (χ0v) is 10.1. The summed E-state index contributed by atoms with van der Waals surface area (Å²) in [7, 11) is 0. The van der Waals surface area contributed by atoms with Gasteiger partial charge in [-0.15, -0.1) is 11.6 Å². The Morgan fingerprint density at radius 2 is 2.27 bits per heavy atom. The van der Waals surface area contributed by atoms with Gasteiger partial charge in [-0.3, -0.25) is 4.68 Å². The third-order valence-corrected chi connectivity index (χ3v) is 3.85. The Kier molecular flexibility index (Phi) is 3.68. The van der Waals surface area contributed by atoms with Crippen molar-refractivity contribution >= 4 is 11.6 Å². The van der Waals surface area contributed by atoms with Crippen molar-refractivity contribution in [1.82, 2.24) is 9.78 Å². The van der Waals surface area contributed by atoms with Gasteiger partial charge in [-0.2, -0.15) is 5.10 Å². The Hall–Kier alpha value is -0.500. The van der Waals surface area contributed by atoms with Crippen LogP contribution >= 0.6 is 11.6 Å². The van der Waals surface area contributed by atoms with E-state index in [1.54, 1.807) is 0 Å². The number of aromatic nitrogens is 2. The highest BCUT2D eigenvalue weighted by atomic mass is 35.5. The van der Waals surface area contributed by atoms with Crippen molar-refractivity contribution in [3.8, 4) is 0 Å². The lowest BCUT2D eigenvalue weighted by Gasteiger charge is -2.30. The first kappa shape index (κ1) is 11.0. The molecule has 1 aliphatic rings. The molecular formula is C12H19ClN2. The molecule has 1 aromatic rings. The predicted molar refractivity (Wildman–Crippen MR) is 63.1 cm³/mol. The molecule has 84 valence electrons. The zero-order valence-electron chi connectivity index (χ0n) is 9.32. The molecule has 0 radical (unpaired) electrons. The molecule has 1 aliphatic carbocycles. The third kappa shape index (κ3) is 2.36. The molecule has 0 amide bonds. The molecule has 0 aliphatic heterocycles. The summed E-state index contributed by atoms with van der Waals surface area (Å²) < 4.78 is 2.14. The molecule has 1 saturated carbocycles. The lowest BCUT2D eigenvalue weighted by Crippen LogP contribution is -2.23. The van der Waals surface area contributed by atoms with Gasteiger partial charge < -0.3 is 0 Å². The number of hydrogen-bond acceptors (Lipinski definition) is 1. The van der Waals surface area contributed by atoms with Crippen LogP contribution in [0.2, 0.25) is 0 Å². The van der Waals surface area contributed by atoms with Crippen LogP contribution in [-0.2, 0) is 5.88 Å². The highest BCUT2D eigenvalue weighted by Gasteiger charge is 2.25. The lowest BCUT2D eigenvalue weighted by atomic mass is 9.83. The van der Waals surface area contributed by atoms with Crippen LogP contribution < -0.4 is 0 Å². The maximum atomic E-state index is 5.80. The first-order chi connectivity index (χ1) is 7.35. The number of rotatable bonds is 3. The minimum absolute atomic E-state index is 0.573. The van der Waals surface area contributed by atoms with Crippen LogP contribution in [0, 0.1) is 5.92 Å². The lowest BCUT2D eigenvalue weighted by molar-refractivity contribution is 0.217. The van der Waals surface area contributed by atoms with Crippen molar-refractivity contribution in [3.05, 3.63) is 18.0 Å². The van der Waals surface area contributed by atoms with E-state index in [9.17, 15) is 0 Å². The summed E-state index contributed by atoms with van der Waals surface area (Å²) in [6, 6.07) is 0.612. The molecule has 2 unspecified atom stereocenters. The second-order valence-corrected chi connectivity index (χ2v) is 4.75. The molecule has 2 rings (SSSR count). The molecule has 15 heavy (non-hydrogen) atoms. The molecule has 2 nitrogen and oxygen atoms in total. The molecule has 1 fully saturated rings. The quantitative estimate of drug-likeness (QED) is 0.718. The monoisotopic (exact) mass is 226 g/mol. The van der Waals surface area contributed by atoms with Crippen LogP contribution in [0.4, 0.5) is 0 Å². The van der Waals surface area contributed by atoms with Crippen molar-refractivity contribution in [2.45, 2.75) is 50.9 Å². The normalized spacial score (nSPS) is 26.8. The van der Waals surface area contributed by atoms with Gasteiger partial charge in [-0.1, -0.05) is 26.2 Å². The molecule has 2 atom stereocenters. The van der Waals surface area contributed by atoms with E-state index in [4.69, 9.17) is 11.6 Å². The van der Waals surface area contributed by atoms with Crippen molar-refractivity contribution < 1.29 is 0 Å². The summed E-state index contributed by atoms with van der Waals surface area (Å²) in [6.45, 7) is 2.29. The van der Waals surface area contributed by atoms with Gasteiger partial charge in [0, 0.05) is 11.8 Å². The minimum Gasteiger partial charge on any atom is -0.269 e. The van der Waals surface area contributed by atoms with E-state index < -0.39 is 0 Å². The fourth-order valence-electron chi connectivity index (χ4n) is 2.64. The highest BCUT2D eigenvalue weighted by molar-refractivity contribution is 6.17. The molecule has 0 saturated heterocycles. The maximum absolute atomic E-state index is 5.80. The number of halogens is 1. The van der Waals surface area contributed by atoms with Crippen LogP contribution in [0.5, 0.6) is 0 Å². The highest BCUT2D eigenvalue weighted by Crippen LogP contribution is 2.35. The summed E-state index contributed by atoms with van der Waals surface area (Å²) in [6.07, 6.45) is 10.6. The van der Waals surface area contributed by atoms with E-state index in [0.717, 1.165) is 11.5 Å². The Bertz CT molecular complexity index is 308. The summed E-state index contributed by atoms with van der Waals surface area (Å²) >= 11 is 5.80. The second-order valence-electron chi connectivity index (χ2n) is 4.48. The van der Waals surface area contributed by atoms with Crippen molar-refractivity contribution in [2.24, 2.45) is 5.92 Å². The van der Waals surface area contributed by atoms with Gasteiger partial charge in [0.15, 0.2) is 0 Å². The molecule has 1 aromatic heterocycles. The number of hydrogen-bond donors (Lipinski definition) is 0. The molecule has 0 spiro atoms. The minimum atomic E-state index is 0.573. The summed E-state index contributed by atoms with van der Waals surface area (Å²) in [4.78, 5) is 0. The Balaban J connectivity index is 2.12. The summed E-state index contributed by atoms with van der Waals surface area (Å²) in [5.74, 6) is 1.38. The fourth-order valence-corrected chi connectivity index (χ4v) is 2.78. The van der Waals surface area contributed by atoms with E-state index in [1.165, 1.54) is 32.1 Å². The van der Waals surface area contributed by atoms with E-state index in [-0.39, 0.29) is 0 Å². The largest absolute Gasteiger partial charge is 0.269 e. The average molecular weight is 227 g/mol. The fraction of sp³-hybridized carbons (Fsp3) is 0.750. The van der Waals surface area contributed by atoms with E-state index in [2.05, 4.69) is 22.9 Å². The molecule has 0 N–H and O–H groups in total. The smallest absolute Gasteiger partial charge is 0.0547 e. The molecular weight excluding hydrogens is 208 g/mol. The van der Waals surface area contributed by atoms with Crippen LogP contribution in [0.1, 0.15) is 50.6 Å². The average Bonchev–Trinajstić information content (AvgIpc) is 2.77. The molecule has 0 bridgehead atoms. The van der Waals surface area contributed by atoms with Gasteiger partial charge in [0.2, 0.25) is 0 Å². The summed E-state index contributed by atoms with van der Waals surface area (Å²) in [5.41, 5.74) is 1.14. The van der Waals surface area contributed by atoms with Crippen LogP contribution in [-0.4, -0.2) is 9.78 Å². The molecule has 0 aromatic carbocycles. The predicted octanol–water partition coefficient (Wildman–Crippen LogP) is 3.76. The molecule has 3 heteroatoms. The maximum Gasteiger partial charge on any atom is 0.0547 e. The first-order valence-corrected chi connectivity index (χ1v) is 6.47. The Morgan fingerprint density at radius 1 is 1.47 bits per heavy atom. The standard InChI is InChI=1S/C12H19ClN2/c1-2-11-5-3-4-6-12(11)15-9-10(7-13)8-14-15/h8-9,11-12H,2-7H2,1H3. The number of nitrogens with zero attached hydrogens (tertiary/aromatic N) is 2. The third-order valence-electron chi connectivity index (χ3n) is 3.54. The summed E-state index contributed by atoms with van der Waals surface area (Å²) in [5, 5.41) is 4.44. The number of alkyl halides is 1. The van der Waals surface area contributed by atoms with Crippen LogP contribution in [0.3, 0.4) is 0 Å². The van der Waals surface area contributed by atoms with Gasteiger partial charge in [-0.25, -0.2) is 0 Å². The van der Waals surface area contributed by atoms with Gasteiger partial charge in [0.25, 0.3) is 0 Å². The van der Waals surface area contributed by atoms with Crippen LogP contribution in [0.25, 0.3) is 0 Å². The zero-order chi connectivity index (χ0) is 10.7. The first-order valence-electron chi connectivity index (χ1n) is 5.94. The SMILES string of the molecule is CCC1CCCCC1n1cc(CCl)cn1. The van der Waals surface area contributed by atoms with Gasteiger partial charge >= 0.3 is 0 Å². The van der Waals surface area contributed by atoms with Gasteiger partial charge in [-0.05, 0) is 18.8 Å². The Morgan fingerprint density at radius 3 is 2.93 bits per heavy atom. The Labute approximate surface area is 96.6 Å². The van der Waals surface area contributed by atoms with Gasteiger partial charge in [0.05, 0.1) is 18.1 Å². The van der Waals surface area contributed by atoms with E-state index >= 15 is 0 Å².